The minimum Gasteiger partial charge on any atom is -0.491 e. The van der Waals surface area contributed by atoms with E-state index in [4.69, 9.17) is 9.47 Å². The SMILES string of the molecule is COCCOc1ccc(CNC(=O)c2ccc(-c3ccccc3F)s2)cc1. The summed E-state index contributed by atoms with van der Waals surface area (Å²) in [5, 5.41) is 2.88. The highest BCUT2D eigenvalue weighted by molar-refractivity contribution is 7.17. The number of hydrogen-bond donors (Lipinski definition) is 1. The fraction of sp³-hybridized carbons (Fsp3) is 0.190. The molecule has 0 aliphatic rings. The van der Waals surface area contributed by atoms with E-state index in [1.54, 1.807) is 37.4 Å². The number of benzene rings is 2. The van der Waals surface area contributed by atoms with Gasteiger partial charge in [-0.05, 0) is 35.9 Å². The van der Waals surface area contributed by atoms with E-state index in [0.717, 1.165) is 16.2 Å². The van der Waals surface area contributed by atoms with Crippen LogP contribution in [0.1, 0.15) is 15.2 Å². The first-order valence-corrected chi connectivity index (χ1v) is 9.32. The van der Waals surface area contributed by atoms with Crippen LogP contribution in [0.4, 0.5) is 4.39 Å². The van der Waals surface area contributed by atoms with E-state index in [-0.39, 0.29) is 11.7 Å². The molecule has 0 saturated heterocycles. The van der Waals surface area contributed by atoms with E-state index in [9.17, 15) is 9.18 Å². The second kappa shape index (κ2) is 9.30. The molecule has 0 atom stereocenters. The molecule has 1 aromatic heterocycles. The lowest BCUT2D eigenvalue weighted by Crippen LogP contribution is -2.21. The van der Waals surface area contributed by atoms with Gasteiger partial charge in [-0.25, -0.2) is 4.39 Å². The van der Waals surface area contributed by atoms with Gasteiger partial charge in [0.2, 0.25) is 0 Å². The quantitative estimate of drug-likeness (QED) is 0.581. The summed E-state index contributed by atoms with van der Waals surface area (Å²) in [4.78, 5) is 13.6. The van der Waals surface area contributed by atoms with Crippen LogP contribution in [0, 0.1) is 5.82 Å². The normalized spacial score (nSPS) is 10.6. The lowest BCUT2D eigenvalue weighted by atomic mass is 10.2. The van der Waals surface area contributed by atoms with Crippen molar-refractivity contribution in [1.29, 1.82) is 0 Å². The zero-order valence-electron chi connectivity index (χ0n) is 14.9. The molecule has 27 heavy (non-hydrogen) atoms. The molecule has 0 spiro atoms. The van der Waals surface area contributed by atoms with Gasteiger partial charge in [0.1, 0.15) is 18.2 Å². The number of carbonyl (C=O) groups excluding carboxylic acids is 1. The monoisotopic (exact) mass is 385 g/mol. The number of amides is 1. The van der Waals surface area contributed by atoms with Crippen molar-refractivity contribution in [2.45, 2.75) is 6.54 Å². The molecule has 1 heterocycles. The zero-order chi connectivity index (χ0) is 19.1. The maximum atomic E-state index is 13.9. The Balaban J connectivity index is 1.56. The molecule has 1 amide bonds. The fourth-order valence-electron chi connectivity index (χ4n) is 2.48. The van der Waals surface area contributed by atoms with Crippen molar-refractivity contribution >= 4 is 17.2 Å². The summed E-state index contributed by atoms with van der Waals surface area (Å²) in [6, 6.07) is 17.6. The van der Waals surface area contributed by atoms with Gasteiger partial charge < -0.3 is 14.8 Å². The number of ether oxygens (including phenoxy) is 2. The summed E-state index contributed by atoms with van der Waals surface area (Å²) in [6.45, 7) is 1.44. The average Bonchev–Trinajstić information content (AvgIpc) is 3.18. The molecule has 4 nitrogen and oxygen atoms in total. The van der Waals surface area contributed by atoms with E-state index in [0.29, 0.717) is 30.2 Å². The van der Waals surface area contributed by atoms with Crippen LogP contribution >= 0.6 is 11.3 Å². The Kier molecular flexibility index (Phi) is 6.57. The van der Waals surface area contributed by atoms with Gasteiger partial charge in [0.05, 0.1) is 11.5 Å². The molecule has 0 bridgehead atoms. The van der Waals surface area contributed by atoms with Gasteiger partial charge >= 0.3 is 0 Å². The summed E-state index contributed by atoms with van der Waals surface area (Å²) >= 11 is 1.27. The number of thiophene rings is 1. The number of carbonyl (C=O) groups is 1. The van der Waals surface area contributed by atoms with E-state index in [2.05, 4.69) is 5.32 Å². The number of hydrogen-bond acceptors (Lipinski definition) is 4. The van der Waals surface area contributed by atoms with Crippen LogP contribution in [0.3, 0.4) is 0 Å². The minimum atomic E-state index is -0.292. The zero-order valence-corrected chi connectivity index (χ0v) is 15.7. The molecule has 0 unspecified atom stereocenters. The second-order valence-electron chi connectivity index (χ2n) is 5.81. The summed E-state index contributed by atoms with van der Waals surface area (Å²) in [5.74, 6) is 0.289. The number of nitrogens with one attached hydrogen (secondary N) is 1. The van der Waals surface area contributed by atoms with Crippen molar-refractivity contribution in [3.05, 3.63) is 76.9 Å². The largest absolute Gasteiger partial charge is 0.491 e. The second-order valence-corrected chi connectivity index (χ2v) is 6.90. The van der Waals surface area contributed by atoms with E-state index >= 15 is 0 Å². The average molecular weight is 385 g/mol. The maximum absolute atomic E-state index is 13.9. The first-order chi connectivity index (χ1) is 13.2. The van der Waals surface area contributed by atoms with Crippen molar-refractivity contribution in [3.63, 3.8) is 0 Å². The van der Waals surface area contributed by atoms with Crippen molar-refractivity contribution in [1.82, 2.24) is 5.32 Å². The fourth-order valence-corrected chi connectivity index (χ4v) is 3.43. The summed E-state index contributed by atoms with van der Waals surface area (Å²) in [6.07, 6.45) is 0. The van der Waals surface area contributed by atoms with Gasteiger partial charge in [0.15, 0.2) is 0 Å². The standard InChI is InChI=1S/C21H20FNO3S/c1-25-12-13-26-16-8-6-15(7-9-16)14-23-21(24)20-11-10-19(27-20)17-4-2-3-5-18(17)22/h2-11H,12-14H2,1H3,(H,23,24). The molecule has 1 N–H and O–H groups in total. The molecule has 2 aromatic carbocycles. The summed E-state index contributed by atoms with van der Waals surface area (Å²) in [5.41, 5.74) is 1.47. The van der Waals surface area contributed by atoms with E-state index in [1.807, 2.05) is 24.3 Å². The Hall–Kier alpha value is -2.70. The predicted octanol–water partition coefficient (Wildman–Crippen LogP) is 4.51. The molecule has 0 radical (unpaired) electrons. The Labute approximate surface area is 161 Å². The van der Waals surface area contributed by atoms with Crippen molar-refractivity contribution in [2.75, 3.05) is 20.3 Å². The third kappa shape index (κ3) is 5.15. The first kappa shape index (κ1) is 19.1. The van der Waals surface area contributed by atoms with Gasteiger partial charge in [0.25, 0.3) is 5.91 Å². The van der Waals surface area contributed by atoms with Crippen LogP contribution in [0.15, 0.2) is 60.7 Å². The number of methoxy groups -OCH3 is 1. The molecule has 3 aromatic rings. The third-order valence-corrected chi connectivity index (χ3v) is 5.02. The third-order valence-electron chi connectivity index (χ3n) is 3.90. The lowest BCUT2D eigenvalue weighted by molar-refractivity contribution is 0.0955. The Morgan fingerprint density at radius 3 is 2.56 bits per heavy atom. The first-order valence-electron chi connectivity index (χ1n) is 8.51. The van der Waals surface area contributed by atoms with Crippen molar-refractivity contribution in [2.24, 2.45) is 0 Å². The van der Waals surface area contributed by atoms with E-state index < -0.39 is 0 Å². The van der Waals surface area contributed by atoms with Crippen LogP contribution < -0.4 is 10.1 Å². The lowest BCUT2D eigenvalue weighted by Gasteiger charge is -2.07. The smallest absolute Gasteiger partial charge is 0.261 e. The maximum Gasteiger partial charge on any atom is 0.261 e. The van der Waals surface area contributed by atoms with Crippen LogP contribution in [-0.4, -0.2) is 26.2 Å². The van der Waals surface area contributed by atoms with Gasteiger partial charge in [0, 0.05) is 24.1 Å². The Bertz CT molecular complexity index is 892. The van der Waals surface area contributed by atoms with Crippen LogP contribution in [0.25, 0.3) is 10.4 Å². The molecule has 0 saturated carbocycles. The van der Waals surface area contributed by atoms with Crippen LogP contribution in [0.5, 0.6) is 5.75 Å². The Morgan fingerprint density at radius 1 is 1.04 bits per heavy atom. The van der Waals surface area contributed by atoms with Gasteiger partial charge in [-0.15, -0.1) is 11.3 Å². The molecule has 6 heteroatoms. The number of rotatable bonds is 8. The highest BCUT2D eigenvalue weighted by atomic mass is 32.1. The Morgan fingerprint density at radius 2 is 1.81 bits per heavy atom. The van der Waals surface area contributed by atoms with E-state index in [1.165, 1.54) is 17.4 Å². The topological polar surface area (TPSA) is 47.6 Å². The summed E-state index contributed by atoms with van der Waals surface area (Å²) < 4.78 is 24.3. The molecular weight excluding hydrogens is 365 g/mol. The molecule has 3 rings (SSSR count). The number of halogens is 1. The van der Waals surface area contributed by atoms with Crippen molar-refractivity contribution in [3.8, 4) is 16.2 Å². The molecule has 0 fully saturated rings. The molecular formula is C21H20FNO3S. The highest BCUT2D eigenvalue weighted by Gasteiger charge is 2.12. The van der Waals surface area contributed by atoms with Gasteiger partial charge in [-0.1, -0.05) is 30.3 Å². The van der Waals surface area contributed by atoms with Crippen molar-refractivity contribution < 1.29 is 18.7 Å². The molecule has 140 valence electrons. The highest BCUT2D eigenvalue weighted by Crippen LogP contribution is 2.30. The van der Waals surface area contributed by atoms with Crippen LogP contribution in [-0.2, 0) is 11.3 Å². The van der Waals surface area contributed by atoms with Gasteiger partial charge in [-0.3, -0.25) is 4.79 Å². The minimum absolute atomic E-state index is 0.178. The predicted molar refractivity (Wildman–Crippen MR) is 105 cm³/mol. The molecule has 0 aliphatic heterocycles. The van der Waals surface area contributed by atoms with Gasteiger partial charge in [-0.2, -0.15) is 0 Å². The van der Waals surface area contributed by atoms with Crippen LogP contribution in [0.2, 0.25) is 0 Å². The molecule has 0 aliphatic carbocycles. The summed E-state index contributed by atoms with van der Waals surface area (Å²) in [7, 11) is 1.63.